The van der Waals surface area contributed by atoms with E-state index in [1.54, 1.807) is 6.20 Å². The number of nitrogens with zero attached hydrogens (tertiary/aromatic N) is 3. The van der Waals surface area contributed by atoms with Crippen LogP contribution in [0.25, 0.3) is 0 Å². The average Bonchev–Trinajstić information content (AvgIpc) is 2.87. The first kappa shape index (κ1) is 11.2. The van der Waals surface area contributed by atoms with Gasteiger partial charge >= 0.3 is 0 Å². The summed E-state index contributed by atoms with van der Waals surface area (Å²) in [5.41, 5.74) is 0. The molecule has 1 atom stereocenters. The Bertz CT molecular complexity index is 482. The third kappa shape index (κ3) is 2.45. The zero-order valence-corrected chi connectivity index (χ0v) is 10.7. The van der Waals surface area contributed by atoms with E-state index in [1.807, 2.05) is 6.92 Å². The number of thiazole rings is 1. The van der Waals surface area contributed by atoms with Crippen LogP contribution in [0.15, 0.2) is 16.3 Å². The highest BCUT2D eigenvalue weighted by molar-refractivity contribution is 9.11. The second kappa shape index (κ2) is 4.71. The molecule has 0 aliphatic carbocycles. The maximum Gasteiger partial charge on any atom is 0.280 e. The maximum atomic E-state index is 11.7. The molecular weight excluding hydrogens is 294 g/mol. The Morgan fingerprint density at radius 1 is 1.62 bits per heavy atom. The van der Waals surface area contributed by atoms with E-state index in [4.69, 9.17) is 0 Å². The summed E-state index contributed by atoms with van der Waals surface area (Å²) in [7, 11) is 0. The number of rotatable bonds is 3. The molecule has 0 saturated carbocycles. The van der Waals surface area contributed by atoms with Crippen LogP contribution < -0.4 is 5.32 Å². The van der Waals surface area contributed by atoms with Crippen molar-refractivity contribution in [1.82, 2.24) is 25.5 Å². The lowest BCUT2D eigenvalue weighted by Crippen LogP contribution is -2.27. The fourth-order valence-electron chi connectivity index (χ4n) is 1.11. The van der Waals surface area contributed by atoms with Crippen molar-refractivity contribution in [3.63, 3.8) is 0 Å². The van der Waals surface area contributed by atoms with Gasteiger partial charge in [0, 0.05) is 0 Å². The number of aromatic nitrogens is 4. The van der Waals surface area contributed by atoms with Gasteiger partial charge in [-0.05, 0) is 22.9 Å². The van der Waals surface area contributed by atoms with Gasteiger partial charge in [-0.1, -0.05) is 0 Å². The average molecular weight is 302 g/mol. The molecule has 0 fully saturated rings. The van der Waals surface area contributed by atoms with Crippen LogP contribution in [0, 0.1) is 0 Å². The Labute approximate surface area is 104 Å². The molecule has 0 aromatic carbocycles. The molecule has 0 aliphatic heterocycles. The number of nitrogens with one attached hydrogen (secondary N) is 2. The number of carbonyl (C=O) groups is 1. The van der Waals surface area contributed by atoms with Crippen LogP contribution in [-0.2, 0) is 0 Å². The summed E-state index contributed by atoms with van der Waals surface area (Å²) in [6.45, 7) is 1.82. The maximum absolute atomic E-state index is 11.7. The minimum Gasteiger partial charge on any atom is -0.340 e. The van der Waals surface area contributed by atoms with E-state index in [0.717, 1.165) is 3.79 Å². The van der Waals surface area contributed by atoms with Gasteiger partial charge in [0.15, 0.2) is 5.01 Å². The zero-order chi connectivity index (χ0) is 11.5. The van der Waals surface area contributed by atoms with Crippen molar-refractivity contribution in [2.24, 2.45) is 0 Å². The summed E-state index contributed by atoms with van der Waals surface area (Å²) < 4.78 is 0.824. The lowest BCUT2D eigenvalue weighted by Gasteiger charge is -2.08. The molecule has 1 unspecified atom stereocenters. The molecule has 2 N–H and O–H groups in total. The predicted molar refractivity (Wildman–Crippen MR) is 62.1 cm³/mol. The summed E-state index contributed by atoms with van der Waals surface area (Å²) in [5.74, 6) is 0.392. The molecule has 0 aliphatic rings. The van der Waals surface area contributed by atoms with Gasteiger partial charge in [-0.15, -0.1) is 11.3 Å². The van der Waals surface area contributed by atoms with Crippen LogP contribution in [-0.4, -0.2) is 26.1 Å². The van der Waals surface area contributed by atoms with Crippen LogP contribution in [0.3, 0.4) is 0 Å². The summed E-state index contributed by atoms with van der Waals surface area (Å²) >= 11 is 4.54. The predicted octanol–water partition coefficient (Wildman–Crippen LogP) is 1.51. The molecule has 84 valence electrons. The lowest BCUT2D eigenvalue weighted by molar-refractivity contribution is 0.0938. The second-order valence-corrected chi connectivity index (χ2v) is 5.45. The van der Waals surface area contributed by atoms with Crippen LogP contribution in [0.1, 0.15) is 28.6 Å². The smallest absolute Gasteiger partial charge is 0.280 e. The minimum atomic E-state index is -0.224. The lowest BCUT2D eigenvalue weighted by atomic mass is 10.3. The van der Waals surface area contributed by atoms with E-state index >= 15 is 0 Å². The van der Waals surface area contributed by atoms with Crippen molar-refractivity contribution in [2.45, 2.75) is 13.0 Å². The van der Waals surface area contributed by atoms with E-state index in [0.29, 0.717) is 10.8 Å². The van der Waals surface area contributed by atoms with Crippen molar-refractivity contribution in [2.75, 3.05) is 0 Å². The zero-order valence-electron chi connectivity index (χ0n) is 8.27. The monoisotopic (exact) mass is 301 g/mol. The van der Waals surface area contributed by atoms with Gasteiger partial charge in [0.1, 0.15) is 12.2 Å². The molecule has 0 radical (unpaired) electrons. The molecule has 2 heterocycles. The molecule has 0 bridgehead atoms. The molecule has 0 spiro atoms. The molecule has 2 rings (SSSR count). The number of hydrogen-bond acceptors (Lipinski definition) is 5. The number of halogens is 1. The molecule has 16 heavy (non-hydrogen) atoms. The molecule has 1 amide bonds. The van der Waals surface area contributed by atoms with E-state index in [-0.39, 0.29) is 11.9 Å². The number of H-pyrrole nitrogens is 1. The quantitative estimate of drug-likeness (QED) is 0.900. The minimum absolute atomic E-state index is 0.223. The Morgan fingerprint density at radius 2 is 2.44 bits per heavy atom. The van der Waals surface area contributed by atoms with E-state index in [2.05, 4.69) is 41.4 Å². The fourth-order valence-corrected chi connectivity index (χ4v) is 2.22. The molecule has 6 nitrogen and oxygen atoms in total. The fraction of sp³-hybridized carbons (Fsp3) is 0.250. The molecule has 2 aromatic rings. The molecule has 8 heteroatoms. The highest BCUT2D eigenvalue weighted by Gasteiger charge is 2.15. The number of amides is 1. The Kier molecular flexibility index (Phi) is 3.30. The largest absolute Gasteiger partial charge is 0.340 e. The normalized spacial score (nSPS) is 12.4. The van der Waals surface area contributed by atoms with Crippen LogP contribution >= 0.6 is 27.3 Å². The van der Waals surface area contributed by atoms with Gasteiger partial charge in [0.05, 0.1) is 16.0 Å². The van der Waals surface area contributed by atoms with Gasteiger partial charge in [-0.25, -0.2) is 9.97 Å². The van der Waals surface area contributed by atoms with Crippen molar-refractivity contribution in [3.8, 4) is 0 Å². The van der Waals surface area contributed by atoms with Crippen LogP contribution in [0.4, 0.5) is 0 Å². The first-order valence-electron chi connectivity index (χ1n) is 4.44. The summed E-state index contributed by atoms with van der Waals surface area (Å²) in [4.78, 5) is 19.6. The Morgan fingerprint density at radius 3 is 3.00 bits per heavy atom. The standard InChI is InChI=1S/C8H8BrN5OS/c1-4(6-11-3-12-14-6)13-7(15)8-10-2-5(9)16-8/h2-4H,1H3,(H,13,15)(H,11,12,14). The number of aromatic amines is 1. The van der Waals surface area contributed by atoms with Crippen molar-refractivity contribution in [1.29, 1.82) is 0 Å². The SMILES string of the molecule is CC(NC(=O)c1ncc(Br)s1)c1ncn[nH]1. The Balaban J connectivity index is 2.03. The van der Waals surface area contributed by atoms with Gasteiger partial charge in [0.25, 0.3) is 5.91 Å². The van der Waals surface area contributed by atoms with Crippen LogP contribution in [0.2, 0.25) is 0 Å². The van der Waals surface area contributed by atoms with Crippen molar-refractivity contribution < 1.29 is 4.79 Å². The second-order valence-electron chi connectivity index (χ2n) is 3.04. The third-order valence-corrected chi connectivity index (χ3v) is 3.34. The number of carbonyl (C=O) groups excluding carboxylic acids is 1. The topological polar surface area (TPSA) is 83.6 Å². The van der Waals surface area contributed by atoms with Gasteiger partial charge < -0.3 is 5.32 Å². The summed E-state index contributed by atoms with van der Waals surface area (Å²) in [5, 5.41) is 9.60. The Hall–Kier alpha value is -1.28. The summed E-state index contributed by atoms with van der Waals surface area (Å²) in [6, 6.07) is -0.224. The van der Waals surface area contributed by atoms with Gasteiger partial charge in [-0.3, -0.25) is 9.89 Å². The van der Waals surface area contributed by atoms with Crippen molar-refractivity contribution in [3.05, 3.63) is 27.1 Å². The first-order valence-corrected chi connectivity index (χ1v) is 6.05. The van der Waals surface area contributed by atoms with Crippen molar-refractivity contribution >= 4 is 33.2 Å². The van der Waals surface area contributed by atoms with E-state index in [9.17, 15) is 4.79 Å². The van der Waals surface area contributed by atoms with E-state index in [1.165, 1.54) is 17.7 Å². The molecular formula is C8H8BrN5OS. The highest BCUT2D eigenvalue weighted by atomic mass is 79.9. The highest BCUT2D eigenvalue weighted by Crippen LogP contribution is 2.19. The van der Waals surface area contributed by atoms with Gasteiger partial charge in [-0.2, -0.15) is 5.10 Å². The van der Waals surface area contributed by atoms with Crippen LogP contribution in [0.5, 0.6) is 0 Å². The number of hydrogen-bond donors (Lipinski definition) is 2. The third-order valence-electron chi connectivity index (χ3n) is 1.86. The van der Waals surface area contributed by atoms with E-state index < -0.39 is 0 Å². The van der Waals surface area contributed by atoms with Gasteiger partial charge in [0.2, 0.25) is 0 Å². The first-order chi connectivity index (χ1) is 7.66. The molecule has 2 aromatic heterocycles. The molecule has 0 saturated heterocycles. The summed E-state index contributed by atoms with van der Waals surface area (Å²) in [6.07, 6.45) is 3.00.